The Morgan fingerprint density at radius 1 is 1.21 bits per heavy atom. The van der Waals surface area contributed by atoms with Gasteiger partial charge >= 0.3 is 0 Å². The molecule has 0 aliphatic rings. The van der Waals surface area contributed by atoms with Crippen molar-refractivity contribution >= 4 is 28.9 Å². The number of nitrogens with one attached hydrogen (secondary N) is 1. The maximum atomic E-state index is 13.2. The third kappa shape index (κ3) is 3.17. The highest BCUT2D eigenvalue weighted by Gasteiger charge is 2.05. The molecule has 19 heavy (non-hydrogen) atoms. The summed E-state index contributed by atoms with van der Waals surface area (Å²) in [6.45, 7) is 0.440. The lowest BCUT2D eigenvalue weighted by Gasteiger charge is -2.09. The van der Waals surface area contributed by atoms with Gasteiger partial charge in [0.1, 0.15) is 11.9 Å². The van der Waals surface area contributed by atoms with Crippen molar-refractivity contribution in [2.75, 3.05) is 5.32 Å². The van der Waals surface area contributed by atoms with E-state index in [0.717, 1.165) is 5.56 Å². The van der Waals surface area contributed by atoms with E-state index in [1.165, 1.54) is 12.1 Å². The summed E-state index contributed by atoms with van der Waals surface area (Å²) in [5.41, 5.74) is 1.48. The number of rotatable bonds is 3. The van der Waals surface area contributed by atoms with Crippen molar-refractivity contribution in [1.82, 2.24) is 0 Å². The Labute approximate surface area is 120 Å². The van der Waals surface area contributed by atoms with Crippen LogP contribution in [-0.2, 0) is 6.54 Å². The van der Waals surface area contributed by atoms with E-state index in [1.54, 1.807) is 24.3 Å². The Balaban J connectivity index is 2.15. The van der Waals surface area contributed by atoms with E-state index in [2.05, 4.69) is 5.32 Å². The predicted octanol–water partition coefficient (Wildman–Crippen LogP) is 4.62. The van der Waals surface area contributed by atoms with Gasteiger partial charge in [-0.05, 0) is 29.8 Å². The zero-order valence-corrected chi connectivity index (χ0v) is 11.3. The Morgan fingerprint density at radius 3 is 2.74 bits per heavy atom. The lowest BCUT2D eigenvalue weighted by Crippen LogP contribution is -2.01. The Bertz CT molecular complexity index is 650. The third-order valence-electron chi connectivity index (χ3n) is 2.60. The van der Waals surface area contributed by atoms with Crippen molar-refractivity contribution in [2.45, 2.75) is 6.54 Å². The molecule has 0 aromatic heterocycles. The molecule has 0 atom stereocenters. The number of nitriles is 1. The number of nitrogens with zero attached hydrogens (tertiary/aromatic N) is 1. The van der Waals surface area contributed by atoms with Gasteiger partial charge in [-0.3, -0.25) is 0 Å². The molecular formula is C14H9Cl2FN2. The lowest BCUT2D eigenvalue weighted by atomic mass is 10.2. The van der Waals surface area contributed by atoms with Crippen LogP contribution in [0.25, 0.3) is 0 Å². The molecule has 0 aliphatic heterocycles. The van der Waals surface area contributed by atoms with Crippen molar-refractivity contribution < 1.29 is 4.39 Å². The van der Waals surface area contributed by atoms with Crippen LogP contribution >= 0.6 is 23.2 Å². The van der Waals surface area contributed by atoms with Crippen molar-refractivity contribution in [3.8, 4) is 6.07 Å². The van der Waals surface area contributed by atoms with E-state index in [-0.39, 0.29) is 5.56 Å². The van der Waals surface area contributed by atoms with Gasteiger partial charge in [0.2, 0.25) is 0 Å². The average molecular weight is 295 g/mol. The molecule has 2 rings (SSSR count). The molecule has 1 N–H and O–H groups in total. The second-order valence-corrected chi connectivity index (χ2v) is 4.66. The zero-order chi connectivity index (χ0) is 13.8. The summed E-state index contributed by atoms with van der Waals surface area (Å²) in [4.78, 5) is 0. The van der Waals surface area contributed by atoms with Gasteiger partial charge in [-0.2, -0.15) is 5.26 Å². The monoisotopic (exact) mass is 294 g/mol. The van der Waals surface area contributed by atoms with Crippen LogP contribution in [0.5, 0.6) is 0 Å². The molecule has 0 unspecified atom stereocenters. The quantitative estimate of drug-likeness (QED) is 0.897. The predicted molar refractivity (Wildman–Crippen MR) is 74.9 cm³/mol. The highest BCUT2D eigenvalue weighted by atomic mass is 35.5. The summed E-state index contributed by atoms with van der Waals surface area (Å²) in [5.74, 6) is -0.533. The molecule has 2 nitrogen and oxygen atoms in total. The number of anilines is 1. The van der Waals surface area contributed by atoms with Crippen molar-refractivity contribution in [2.24, 2.45) is 0 Å². The lowest BCUT2D eigenvalue weighted by molar-refractivity contribution is 0.624. The fourth-order valence-electron chi connectivity index (χ4n) is 1.60. The topological polar surface area (TPSA) is 35.8 Å². The Morgan fingerprint density at radius 2 is 2.00 bits per heavy atom. The standard InChI is InChI=1S/C14H9Cl2FN2/c15-12-3-1-2-9(14(12)16)8-19-11-4-5-13(17)10(6-11)7-18/h1-6,19H,8H2. The summed E-state index contributed by atoms with van der Waals surface area (Å²) in [6.07, 6.45) is 0. The van der Waals surface area contributed by atoms with Crippen LogP contribution in [-0.4, -0.2) is 0 Å². The van der Waals surface area contributed by atoms with E-state index in [1.807, 2.05) is 6.07 Å². The summed E-state index contributed by atoms with van der Waals surface area (Å²) < 4.78 is 13.2. The van der Waals surface area contributed by atoms with Crippen molar-refractivity contribution in [1.29, 1.82) is 5.26 Å². The largest absolute Gasteiger partial charge is 0.381 e. The van der Waals surface area contributed by atoms with Gasteiger partial charge in [-0.15, -0.1) is 0 Å². The molecule has 0 radical (unpaired) electrons. The number of hydrogen-bond donors (Lipinski definition) is 1. The van der Waals surface area contributed by atoms with Crippen molar-refractivity contribution in [3.63, 3.8) is 0 Å². The second kappa shape index (κ2) is 5.92. The van der Waals surface area contributed by atoms with Gasteiger partial charge in [0.05, 0.1) is 15.6 Å². The number of halogens is 3. The summed E-state index contributed by atoms with van der Waals surface area (Å²) >= 11 is 12.0. The summed E-state index contributed by atoms with van der Waals surface area (Å²) in [6, 6.07) is 11.4. The van der Waals surface area contributed by atoms with Crippen LogP contribution in [0.4, 0.5) is 10.1 Å². The van der Waals surface area contributed by atoms with E-state index in [9.17, 15) is 4.39 Å². The zero-order valence-electron chi connectivity index (χ0n) is 9.75. The molecule has 0 spiro atoms. The van der Waals surface area contributed by atoms with Crippen LogP contribution in [0.1, 0.15) is 11.1 Å². The van der Waals surface area contributed by atoms with Crippen LogP contribution in [0, 0.1) is 17.1 Å². The van der Waals surface area contributed by atoms with Gasteiger partial charge < -0.3 is 5.32 Å². The Kier molecular flexibility index (Phi) is 4.26. The van der Waals surface area contributed by atoms with Gasteiger partial charge in [0, 0.05) is 12.2 Å². The first kappa shape index (κ1) is 13.7. The summed E-state index contributed by atoms with van der Waals surface area (Å²) in [7, 11) is 0. The third-order valence-corrected chi connectivity index (χ3v) is 3.46. The molecule has 2 aromatic carbocycles. The van der Waals surface area contributed by atoms with E-state index in [4.69, 9.17) is 28.5 Å². The number of benzene rings is 2. The van der Waals surface area contributed by atoms with Crippen LogP contribution in [0.3, 0.4) is 0 Å². The smallest absolute Gasteiger partial charge is 0.141 e. The van der Waals surface area contributed by atoms with Crippen LogP contribution < -0.4 is 5.32 Å². The van der Waals surface area contributed by atoms with Crippen LogP contribution in [0.2, 0.25) is 10.0 Å². The highest BCUT2D eigenvalue weighted by Crippen LogP contribution is 2.26. The van der Waals surface area contributed by atoms with Crippen LogP contribution in [0.15, 0.2) is 36.4 Å². The molecule has 96 valence electrons. The van der Waals surface area contributed by atoms with E-state index < -0.39 is 5.82 Å². The molecule has 0 saturated carbocycles. The van der Waals surface area contributed by atoms with Gasteiger partial charge in [0.25, 0.3) is 0 Å². The molecule has 0 saturated heterocycles. The minimum Gasteiger partial charge on any atom is -0.381 e. The van der Waals surface area contributed by atoms with Crippen molar-refractivity contribution in [3.05, 3.63) is 63.4 Å². The normalized spacial score (nSPS) is 10.0. The molecule has 0 fully saturated rings. The minimum atomic E-state index is -0.533. The Hall–Kier alpha value is -1.76. The maximum Gasteiger partial charge on any atom is 0.141 e. The fourth-order valence-corrected chi connectivity index (χ4v) is 1.99. The average Bonchev–Trinajstić information content (AvgIpc) is 2.42. The van der Waals surface area contributed by atoms with Gasteiger partial charge in [0.15, 0.2) is 0 Å². The van der Waals surface area contributed by atoms with E-state index in [0.29, 0.717) is 22.3 Å². The van der Waals surface area contributed by atoms with Gasteiger partial charge in [-0.1, -0.05) is 35.3 Å². The van der Waals surface area contributed by atoms with Gasteiger partial charge in [-0.25, -0.2) is 4.39 Å². The molecule has 0 aliphatic carbocycles. The first-order valence-corrected chi connectivity index (χ1v) is 6.24. The molecule has 0 bridgehead atoms. The summed E-state index contributed by atoms with van der Waals surface area (Å²) in [5, 5.41) is 12.8. The SMILES string of the molecule is N#Cc1cc(NCc2cccc(Cl)c2Cl)ccc1F. The molecule has 2 aromatic rings. The maximum absolute atomic E-state index is 13.2. The fraction of sp³-hybridized carbons (Fsp3) is 0.0714. The number of hydrogen-bond acceptors (Lipinski definition) is 2. The second-order valence-electron chi connectivity index (χ2n) is 3.87. The molecular weight excluding hydrogens is 286 g/mol. The first-order chi connectivity index (χ1) is 9.11. The highest BCUT2D eigenvalue weighted by molar-refractivity contribution is 6.42. The first-order valence-electron chi connectivity index (χ1n) is 5.48. The molecule has 0 heterocycles. The molecule has 0 amide bonds. The molecule has 5 heteroatoms. The minimum absolute atomic E-state index is 0.00203. The van der Waals surface area contributed by atoms with E-state index >= 15 is 0 Å².